The predicted octanol–water partition coefficient (Wildman–Crippen LogP) is 9.38. The normalized spacial score (nSPS) is 18.8. The number of fused-ring (bicyclic) bond motifs is 2. The summed E-state index contributed by atoms with van der Waals surface area (Å²) in [4.78, 5) is 2.68. The second-order valence-electron chi connectivity index (χ2n) is 7.10. The number of benzene rings is 4. The Morgan fingerprint density at radius 2 is 0.867 bits per heavy atom. The van der Waals surface area contributed by atoms with E-state index in [1.807, 2.05) is 47.0 Å². The third kappa shape index (κ3) is 3.52. The summed E-state index contributed by atoms with van der Waals surface area (Å²) < 4.78 is 2.78. The zero-order valence-corrected chi connectivity index (χ0v) is 19.1. The predicted molar refractivity (Wildman–Crippen MR) is 141 cm³/mol. The molecule has 0 spiro atoms. The molecule has 4 heteroatoms. The van der Waals surface area contributed by atoms with E-state index in [1.54, 1.807) is 0 Å². The van der Waals surface area contributed by atoms with Crippen molar-refractivity contribution < 1.29 is 0 Å². The minimum absolute atomic E-state index is 1.29. The Bertz CT molecular complexity index is 1290. The summed E-state index contributed by atoms with van der Waals surface area (Å²) in [5.41, 5.74) is 2.61. The molecule has 144 valence electrons. The molecule has 0 unspecified atom stereocenters. The van der Waals surface area contributed by atoms with Gasteiger partial charge in [-0.2, -0.15) is 0 Å². The van der Waals surface area contributed by atoms with Crippen LogP contribution in [0.1, 0.15) is 11.1 Å². The van der Waals surface area contributed by atoms with E-state index in [2.05, 4.69) is 95.7 Å². The van der Waals surface area contributed by atoms with Gasteiger partial charge in [0.05, 0.1) is 8.47 Å². The molecule has 2 heterocycles. The zero-order chi connectivity index (χ0) is 19.9. The van der Waals surface area contributed by atoms with Crippen LogP contribution in [-0.2, 0) is 0 Å². The van der Waals surface area contributed by atoms with Gasteiger partial charge in [0, 0.05) is 9.81 Å². The van der Waals surface area contributed by atoms with Crippen molar-refractivity contribution in [2.24, 2.45) is 0 Å². The largest absolute Gasteiger partial charge is 0.0878 e. The molecule has 30 heavy (non-hydrogen) atoms. The molecular weight excluding hydrogens is 441 g/mol. The molecular formula is C26H16S4. The second kappa shape index (κ2) is 7.93. The maximum atomic E-state index is 2.30. The van der Waals surface area contributed by atoms with E-state index < -0.39 is 0 Å². The lowest BCUT2D eigenvalue weighted by molar-refractivity contribution is 1.70. The summed E-state index contributed by atoms with van der Waals surface area (Å²) in [5.74, 6) is 0. The molecule has 0 saturated heterocycles. The first kappa shape index (κ1) is 18.8. The average Bonchev–Trinajstić information content (AvgIpc) is 3.48. The molecule has 0 fully saturated rings. The van der Waals surface area contributed by atoms with E-state index in [0.29, 0.717) is 0 Å². The quantitative estimate of drug-likeness (QED) is 0.294. The molecule has 0 saturated carbocycles. The Morgan fingerprint density at radius 3 is 1.33 bits per heavy atom. The molecule has 2 aliphatic heterocycles. The number of thioether (sulfide) groups is 4. The van der Waals surface area contributed by atoms with E-state index in [9.17, 15) is 0 Å². The van der Waals surface area contributed by atoms with Gasteiger partial charge in [-0.3, -0.25) is 0 Å². The molecule has 0 N–H and O–H groups in total. The monoisotopic (exact) mass is 456 g/mol. The fourth-order valence-corrected chi connectivity index (χ4v) is 8.54. The van der Waals surface area contributed by atoms with Gasteiger partial charge >= 0.3 is 0 Å². The van der Waals surface area contributed by atoms with Crippen molar-refractivity contribution >= 4 is 78.4 Å². The molecule has 6 rings (SSSR count). The van der Waals surface area contributed by atoms with E-state index >= 15 is 0 Å². The van der Waals surface area contributed by atoms with Crippen molar-refractivity contribution in [2.45, 2.75) is 0 Å². The highest BCUT2D eigenvalue weighted by Gasteiger charge is 2.23. The van der Waals surface area contributed by atoms with Gasteiger partial charge in [0.1, 0.15) is 0 Å². The summed E-state index contributed by atoms with van der Waals surface area (Å²) in [7, 11) is 0. The Kier molecular flexibility index (Phi) is 4.96. The molecule has 0 atom stereocenters. The topological polar surface area (TPSA) is 0 Å². The molecule has 0 bridgehead atoms. The Hall–Kier alpha value is -1.98. The van der Waals surface area contributed by atoms with Crippen LogP contribution >= 0.6 is 47.0 Å². The molecule has 0 aliphatic carbocycles. The molecule has 0 aromatic heterocycles. The zero-order valence-electron chi connectivity index (χ0n) is 15.9. The minimum atomic E-state index is 1.29. The van der Waals surface area contributed by atoms with Crippen molar-refractivity contribution in [2.75, 3.05) is 0 Å². The van der Waals surface area contributed by atoms with Crippen molar-refractivity contribution in [3.8, 4) is 0 Å². The first-order valence-corrected chi connectivity index (χ1v) is 13.0. The van der Waals surface area contributed by atoms with Crippen molar-refractivity contribution in [3.63, 3.8) is 0 Å². The third-order valence-electron chi connectivity index (χ3n) is 5.19. The second-order valence-corrected chi connectivity index (χ2v) is 11.5. The number of rotatable bonds is 2. The maximum absolute atomic E-state index is 2.30. The minimum Gasteiger partial charge on any atom is -0.0878 e. The van der Waals surface area contributed by atoms with Crippen LogP contribution in [0.3, 0.4) is 0 Å². The van der Waals surface area contributed by atoms with Crippen molar-refractivity contribution in [1.29, 1.82) is 0 Å². The first-order valence-electron chi connectivity index (χ1n) is 9.65. The van der Waals surface area contributed by atoms with Gasteiger partial charge in [0.25, 0.3) is 0 Å². The maximum Gasteiger partial charge on any atom is 0.0700 e. The smallest absolute Gasteiger partial charge is 0.0700 e. The van der Waals surface area contributed by atoms with Crippen LogP contribution in [0.4, 0.5) is 0 Å². The van der Waals surface area contributed by atoms with Crippen molar-refractivity contribution in [3.05, 3.63) is 115 Å². The van der Waals surface area contributed by atoms with Gasteiger partial charge < -0.3 is 0 Å². The lowest BCUT2D eigenvalue weighted by Crippen LogP contribution is -1.79. The van der Waals surface area contributed by atoms with Crippen LogP contribution in [0.5, 0.6) is 0 Å². The van der Waals surface area contributed by atoms with Gasteiger partial charge in [-0.15, -0.1) is 0 Å². The van der Waals surface area contributed by atoms with Gasteiger partial charge in [-0.05, 0) is 55.6 Å². The summed E-state index contributed by atoms with van der Waals surface area (Å²) >= 11 is 7.50. The molecule has 2 aliphatic rings. The Morgan fingerprint density at radius 1 is 0.433 bits per heavy atom. The van der Waals surface area contributed by atoms with Gasteiger partial charge in [-0.25, -0.2) is 0 Å². The summed E-state index contributed by atoms with van der Waals surface area (Å²) in [6.45, 7) is 0. The summed E-state index contributed by atoms with van der Waals surface area (Å²) in [5, 5.41) is 9.78. The SMILES string of the molecule is C1=C(c2ccc3ccccc3c2)S/C(=C2\SC=C(c3ccc4ccccc4c3)S2)S1. The molecule has 4 aromatic carbocycles. The lowest BCUT2D eigenvalue weighted by Gasteiger charge is -2.06. The molecule has 0 nitrogen and oxygen atoms in total. The highest BCUT2D eigenvalue weighted by molar-refractivity contribution is 8.36. The standard InChI is InChI=1S/C26H16S4/c1-3-7-19-13-21(11-9-17(19)5-1)23-15-27-25(29-23)26-28-16-24(30-26)22-12-10-18-6-2-4-8-20(18)14-22/h1-16H/b26-25+. The van der Waals surface area contributed by atoms with Crippen LogP contribution < -0.4 is 0 Å². The van der Waals surface area contributed by atoms with E-state index in [4.69, 9.17) is 0 Å². The van der Waals surface area contributed by atoms with Crippen LogP contribution in [0, 0.1) is 0 Å². The van der Waals surface area contributed by atoms with Crippen LogP contribution in [-0.4, -0.2) is 0 Å². The first-order chi connectivity index (χ1) is 14.8. The number of hydrogen-bond acceptors (Lipinski definition) is 4. The average molecular weight is 457 g/mol. The summed E-state index contributed by atoms with van der Waals surface area (Å²) in [6.07, 6.45) is 0. The Balaban J connectivity index is 1.22. The van der Waals surface area contributed by atoms with Crippen LogP contribution in [0.25, 0.3) is 31.4 Å². The molecule has 0 radical (unpaired) electrons. The van der Waals surface area contributed by atoms with E-state index in [0.717, 1.165) is 0 Å². The van der Waals surface area contributed by atoms with E-state index in [1.165, 1.54) is 51.0 Å². The summed E-state index contributed by atoms with van der Waals surface area (Å²) in [6, 6.07) is 30.6. The third-order valence-corrected chi connectivity index (χ3v) is 10.5. The van der Waals surface area contributed by atoms with Crippen LogP contribution in [0.2, 0.25) is 0 Å². The Labute approximate surface area is 192 Å². The lowest BCUT2D eigenvalue weighted by atomic mass is 10.1. The molecule has 4 aromatic rings. The highest BCUT2D eigenvalue weighted by Crippen LogP contribution is 2.59. The highest BCUT2D eigenvalue weighted by atomic mass is 32.2. The number of hydrogen-bond donors (Lipinski definition) is 0. The fraction of sp³-hybridized carbons (Fsp3) is 0. The molecule has 0 amide bonds. The van der Waals surface area contributed by atoms with Gasteiger partial charge in [0.15, 0.2) is 0 Å². The van der Waals surface area contributed by atoms with Crippen LogP contribution in [0.15, 0.2) is 104 Å². The van der Waals surface area contributed by atoms with Crippen molar-refractivity contribution in [1.82, 2.24) is 0 Å². The van der Waals surface area contributed by atoms with E-state index in [-0.39, 0.29) is 0 Å². The van der Waals surface area contributed by atoms with Gasteiger partial charge in [0.2, 0.25) is 0 Å². The van der Waals surface area contributed by atoms with Gasteiger partial charge in [-0.1, -0.05) is 120 Å². The fourth-order valence-electron chi connectivity index (χ4n) is 3.63.